The lowest BCUT2D eigenvalue weighted by molar-refractivity contribution is 0.0738. The average Bonchev–Trinajstić information content (AvgIpc) is 3.22. The highest BCUT2D eigenvalue weighted by molar-refractivity contribution is 7.12. The zero-order valence-electron chi connectivity index (χ0n) is 13.7. The van der Waals surface area contributed by atoms with Gasteiger partial charge in [-0.2, -0.15) is 0 Å². The quantitative estimate of drug-likeness (QED) is 0.848. The number of ether oxygens (including phenoxy) is 2. The van der Waals surface area contributed by atoms with E-state index in [2.05, 4.69) is 0 Å². The van der Waals surface area contributed by atoms with Gasteiger partial charge in [-0.1, -0.05) is 0 Å². The van der Waals surface area contributed by atoms with Crippen molar-refractivity contribution in [2.45, 2.75) is 25.8 Å². The Morgan fingerprint density at radius 3 is 2.74 bits per heavy atom. The van der Waals surface area contributed by atoms with Gasteiger partial charge >= 0.3 is 0 Å². The summed E-state index contributed by atoms with van der Waals surface area (Å²) in [5, 5.41) is 1.97. The molecule has 0 spiro atoms. The second kappa shape index (κ2) is 6.62. The van der Waals surface area contributed by atoms with E-state index < -0.39 is 0 Å². The number of hydrogen-bond donors (Lipinski definition) is 0. The van der Waals surface area contributed by atoms with Crippen LogP contribution in [-0.4, -0.2) is 31.6 Å². The van der Waals surface area contributed by atoms with Crippen LogP contribution >= 0.6 is 11.3 Å². The second-order valence-corrected chi connectivity index (χ2v) is 6.61. The van der Waals surface area contributed by atoms with Crippen LogP contribution in [0.4, 0.5) is 0 Å². The number of benzene rings is 1. The van der Waals surface area contributed by atoms with E-state index in [-0.39, 0.29) is 11.9 Å². The monoisotopic (exact) mass is 331 g/mol. The fourth-order valence-corrected chi connectivity index (χ4v) is 4.04. The molecule has 1 atom stereocenters. The summed E-state index contributed by atoms with van der Waals surface area (Å²) in [5.74, 6) is 1.70. The molecule has 2 aromatic rings. The molecule has 1 aromatic carbocycles. The Bertz CT molecular complexity index is 710. The van der Waals surface area contributed by atoms with Crippen molar-refractivity contribution in [3.05, 3.63) is 45.6 Å². The Kier molecular flexibility index (Phi) is 4.57. The molecule has 0 aliphatic carbocycles. The summed E-state index contributed by atoms with van der Waals surface area (Å²) in [4.78, 5) is 15.7. The zero-order valence-corrected chi connectivity index (χ0v) is 14.5. The molecule has 5 heteroatoms. The number of aryl methyl sites for hydroxylation is 1. The molecule has 0 bridgehead atoms. The van der Waals surface area contributed by atoms with Crippen LogP contribution in [0.25, 0.3) is 0 Å². The SMILES string of the molecule is COc1ccc(OC)c([C@H]2CCCN2C(=O)c2sccc2C)c1. The van der Waals surface area contributed by atoms with Gasteiger partial charge in [-0.25, -0.2) is 0 Å². The van der Waals surface area contributed by atoms with Crippen molar-refractivity contribution in [3.63, 3.8) is 0 Å². The minimum atomic E-state index is 0.0362. The van der Waals surface area contributed by atoms with Gasteiger partial charge < -0.3 is 14.4 Å². The van der Waals surface area contributed by atoms with Crippen molar-refractivity contribution in [3.8, 4) is 11.5 Å². The van der Waals surface area contributed by atoms with Crippen LogP contribution < -0.4 is 9.47 Å². The lowest BCUT2D eigenvalue weighted by Gasteiger charge is -2.26. The van der Waals surface area contributed by atoms with Crippen LogP contribution in [0.2, 0.25) is 0 Å². The molecule has 0 radical (unpaired) electrons. The molecule has 1 aliphatic heterocycles. The standard InChI is InChI=1S/C18H21NO3S/c1-12-8-10-23-17(12)18(20)19-9-4-5-15(19)14-11-13(21-2)6-7-16(14)22-3/h6-8,10-11,15H,4-5,9H2,1-3H3/t15-/m1/s1. The Balaban J connectivity index is 1.96. The normalized spacial score (nSPS) is 17.3. The molecule has 0 unspecified atom stereocenters. The van der Waals surface area contributed by atoms with Gasteiger partial charge in [0.1, 0.15) is 11.5 Å². The number of amides is 1. The summed E-state index contributed by atoms with van der Waals surface area (Å²) < 4.78 is 10.9. The van der Waals surface area contributed by atoms with Crippen molar-refractivity contribution < 1.29 is 14.3 Å². The van der Waals surface area contributed by atoms with E-state index in [0.29, 0.717) is 0 Å². The van der Waals surface area contributed by atoms with Gasteiger partial charge in [-0.15, -0.1) is 11.3 Å². The summed E-state index contributed by atoms with van der Waals surface area (Å²) >= 11 is 1.51. The third kappa shape index (κ3) is 2.93. The number of likely N-dealkylation sites (tertiary alicyclic amines) is 1. The number of thiophene rings is 1. The van der Waals surface area contributed by atoms with Gasteiger partial charge in [-0.05, 0) is 55.0 Å². The molecular weight excluding hydrogens is 310 g/mol. The van der Waals surface area contributed by atoms with Gasteiger partial charge in [0.2, 0.25) is 0 Å². The Morgan fingerprint density at radius 1 is 1.26 bits per heavy atom. The third-order valence-corrected chi connectivity index (χ3v) is 5.37. The van der Waals surface area contributed by atoms with E-state index in [0.717, 1.165) is 46.9 Å². The minimum Gasteiger partial charge on any atom is -0.497 e. The highest BCUT2D eigenvalue weighted by Crippen LogP contribution is 2.40. The molecule has 4 nitrogen and oxygen atoms in total. The first kappa shape index (κ1) is 15.9. The predicted octanol–water partition coefficient (Wildman–Crippen LogP) is 4.05. The second-order valence-electron chi connectivity index (χ2n) is 5.70. The number of carbonyl (C=O) groups excluding carboxylic acids is 1. The van der Waals surface area contributed by atoms with Crippen molar-refractivity contribution in [1.82, 2.24) is 4.90 Å². The van der Waals surface area contributed by atoms with Gasteiger partial charge in [0.25, 0.3) is 5.91 Å². The van der Waals surface area contributed by atoms with E-state index in [4.69, 9.17) is 9.47 Å². The first-order valence-electron chi connectivity index (χ1n) is 7.72. The van der Waals surface area contributed by atoms with Gasteiger partial charge in [0.05, 0.1) is 25.1 Å². The first-order chi connectivity index (χ1) is 11.2. The minimum absolute atomic E-state index is 0.0362. The summed E-state index contributed by atoms with van der Waals surface area (Å²) in [5.41, 5.74) is 2.06. The molecule has 1 saturated heterocycles. The van der Waals surface area contributed by atoms with Crippen molar-refractivity contribution in [1.29, 1.82) is 0 Å². The zero-order chi connectivity index (χ0) is 16.4. The smallest absolute Gasteiger partial charge is 0.264 e. The fraction of sp³-hybridized carbons (Fsp3) is 0.389. The molecule has 122 valence electrons. The van der Waals surface area contributed by atoms with E-state index in [1.807, 2.05) is 41.5 Å². The Morgan fingerprint density at radius 2 is 2.09 bits per heavy atom. The van der Waals surface area contributed by atoms with Crippen molar-refractivity contribution in [2.75, 3.05) is 20.8 Å². The molecule has 0 saturated carbocycles. The topological polar surface area (TPSA) is 38.8 Å². The van der Waals surface area contributed by atoms with Crippen LogP contribution in [0, 0.1) is 6.92 Å². The average molecular weight is 331 g/mol. The Hall–Kier alpha value is -2.01. The van der Waals surface area contributed by atoms with E-state index in [1.54, 1.807) is 14.2 Å². The van der Waals surface area contributed by atoms with Crippen molar-refractivity contribution >= 4 is 17.2 Å². The number of carbonyl (C=O) groups is 1. The summed E-state index contributed by atoms with van der Waals surface area (Å²) in [6.45, 7) is 2.77. The maximum atomic E-state index is 12.9. The maximum Gasteiger partial charge on any atom is 0.264 e. The summed E-state index contributed by atoms with van der Waals surface area (Å²) in [6.07, 6.45) is 1.95. The number of nitrogens with zero attached hydrogens (tertiary/aromatic N) is 1. The summed E-state index contributed by atoms with van der Waals surface area (Å²) in [6, 6.07) is 7.80. The molecule has 1 fully saturated rings. The summed E-state index contributed by atoms with van der Waals surface area (Å²) in [7, 11) is 3.31. The molecular formula is C18H21NO3S. The predicted molar refractivity (Wildman–Crippen MR) is 91.6 cm³/mol. The molecule has 1 aliphatic rings. The van der Waals surface area contributed by atoms with Crippen molar-refractivity contribution in [2.24, 2.45) is 0 Å². The molecule has 3 rings (SSSR count). The number of methoxy groups -OCH3 is 2. The Labute approximate surface area is 140 Å². The van der Waals surface area contributed by atoms with Crippen LogP contribution in [-0.2, 0) is 0 Å². The molecule has 1 aromatic heterocycles. The highest BCUT2D eigenvalue weighted by atomic mass is 32.1. The first-order valence-corrected chi connectivity index (χ1v) is 8.60. The maximum absolute atomic E-state index is 12.9. The number of hydrogen-bond acceptors (Lipinski definition) is 4. The van der Waals surface area contributed by atoms with Crippen LogP contribution in [0.1, 0.15) is 39.7 Å². The third-order valence-electron chi connectivity index (χ3n) is 4.37. The highest BCUT2D eigenvalue weighted by Gasteiger charge is 2.33. The molecule has 0 N–H and O–H groups in total. The molecule has 2 heterocycles. The fourth-order valence-electron chi connectivity index (χ4n) is 3.16. The van der Waals surface area contributed by atoms with E-state index in [1.165, 1.54) is 11.3 Å². The van der Waals surface area contributed by atoms with Gasteiger partial charge in [0, 0.05) is 12.1 Å². The van der Waals surface area contributed by atoms with Gasteiger partial charge in [-0.3, -0.25) is 4.79 Å². The van der Waals surface area contributed by atoms with Crippen LogP contribution in [0.3, 0.4) is 0 Å². The van der Waals surface area contributed by atoms with Gasteiger partial charge in [0.15, 0.2) is 0 Å². The lowest BCUT2D eigenvalue weighted by atomic mass is 10.0. The van der Waals surface area contributed by atoms with Crippen LogP contribution in [0.5, 0.6) is 11.5 Å². The van der Waals surface area contributed by atoms with Crippen LogP contribution in [0.15, 0.2) is 29.6 Å². The van der Waals surface area contributed by atoms with E-state index >= 15 is 0 Å². The largest absolute Gasteiger partial charge is 0.497 e. The molecule has 1 amide bonds. The lowest BCUT2D eigenvalue weighted by Crippen LogP contribution is -2.30. The molecule has 23 heavy (non-hydrogen) atoms. The van der Waals surface area contributed by atoms with E-state index in [9.17, 15) is 4.79 Å². The number of rotatable bonds is 4.